The van der Waals surface area contributed by atoms with Gasteiger partial charge in [-0.3, -0.25) is 9.36 Å². The van der Waals surface area contributed by atoms with Crippen LogP contribution in [0.25, 0.3) is 5.82 Å². The smallest absolute Gasteiger partial charge is 0.346 e. The van der Waals surface area contributed by atoms with E-state index in [2.05, 4.69) is 15.6 Å². The van der Waals surface area contributed by atoms with Crippen LogP contribution in [0.3, 0.4) is 0 Å². The van der Waals surface area contributed by atoms with Crippen molar-refractivity contribution in [3.63, 3.8) is 0 Å². The number of amides is 3. The van der Waals surface area contributed by atoms with Gasteiger partial charge in [0.05, 0.1) is 6.21 Å². The molecule has 0 spiro atoms. The summed E-state index contributed by atoms with van der Waals surface area (Å²) >= 11 is 0. The Morgan fingerprint density at radius 2 is 1.86 bits per heavy atom. The summed E-state index contributed by atoms with van der Waals surface area (Å²) in [5.41, 5.74) is 2.14. The molecule has 3 aromatic rings. The summed E-state index contributed by atoms with van der Waals surface area (Å²) in [7, 11) is 0. The quantitative estimate of drug-likeness (QED) is 0.546. The maximum Gasteiger partial charge on any atom is 0.346 e. The van der Waals surface area contributed by atoms with E-state index in [9.17, 15) is 9.59 Å². The van der Waals surface area contributed by atoms with Crippen LogP contribution in [0.2, 0.25) is 0 Å². The van der Waals surface area contributed by atoms with Gasteiger partial charge in [-0.1, -0.05) is 35.5 Å². The fourth-order valence-electron chi connectivity index (χ4n) is 3.55. The molecule has 0 radical (unpaired) electrons. The first kappa shape index (κ1) is 18.7. The van der Waals surface area contributed by atoms with Gasteiger partial charge in [-0.15, -0.1) is 5.01 Å². The minimum Gasteiger partial charge on any atom is -0.360 e. The fourth-order valence-corrected chi connectivity index (χ4v) is 3.55. The molecule has 1 aromatic carbocycles. The number of hydrogen-bond acceptors (Lipinski definition) is 5. The molecule has 4 rings (SSSR count). The van der Waals surface area contributed by atoms with Crippen molar-refractivity contribution >= 4 is 18.2 Å². The number of benzene rings is 1. The summed E-state index contributed by atoms with van der Waals surface area (Å²) in [4.78, 5) is 25.4. The molecule has 3 amide bonds. The predicted octanol–water partition coefficient (Wildman–Crippen LogP) is 3.19. The Hall–Kier alpha value is -3.68. The fraction of sp³-hybridized carbons (Fsp3) is 0.238. The Kier molecular flexibility index (Phi) is 4.34. The summed E-state index contributed by atoms with van der Waals surface area (Å²) in [6, 6.07) is 12.3. The highest BCUT2D eigenvalue weighted by atomic mass is 16.5. The summed E-state index contributed by atoms with van der Waals surface area (Å²) in [5.74, 6) is 0.955. The molecule has 1 aliphatic rings. The van der Waals surface area contributed by atoms with Crippen molar-refractivity contribution in [1.29, 1.82) is 0 Å². The van der Waals surface area contributed by atoms with Crippen molar-refractivity contribution in [3.05, 3.63) is 70.7 Å². The molecule has 8 heteroatoms. The molecule has 1 saturated heterocycles. The highest BCUT2D eigenvalue weighted by molar-refractivity contribution is 6.07. The number of nitrogens with one attached hydrogen (secondary N) is 1. The first-order chi connectivity index (χ1) is 13.8. The third kappa shape index (κ3) is 3.02. The molecule has 2 aromatic heterocycles. The van der Waals surface area contributed by atoms with Gasteiger partial charge in [0.1, 0.15) is 11.3 Å². The van der Waals surface area contributed by atoms with Gasteiger partial charge >= 0.3 is 6.03 Å². The van der Waals surface area contributed by atoms with E-state index in [0.29, 0.717) is 17.1 Å². The number of aromatic nitrogens is 2. The Bertz CT molecular complexity index is 1130. The second-order valence-corrected chi connectivity index (χ2v) is 7.24. The molecule has 0 bridgehead atoms. The van der Waals surface area contributed by atoms with Crippen LogP contribution in [0.15, 0.2) is 52.1 Å². The monoisotopic (exact) mass is 391 g/mol. The Morgan fingerprint density at radius 1 is 1.14 bits per heavy atom. The molecule has 1 aliphatic heterocycles. The van der Waals surface area contributed by atoms with Crippen molar-refractivity contribution in [2.75, 3.05) is 0 Å². The molecule has 148 valence electrons. The number of aryl methyl sites for hydroxylation is 2. The van der Waals surface area contributed by atoms with Gasteiger partial charge in [0.15, 0.2) is 5.82 Å². The second-order valence-electron chi connectivity index (χ2n) is 7.24. The number of carbonyl (C=O) groups excluding carboxylic acids is 2. The summed E-state index contributed by atoms with van der Waals surface area (Å²) < 4.78 is 7.09. The zero-order chi connectivity index (χ0) is 20.8. The topological polar surface area (TPSA) is 92.7 Å². The molecule has 29 heavy (non-hydrogen) atoms. The van der Waals surface area contributed by atoms with Gasteiger partial charge in [-0.2, -0.15) is 5.10 Å². The van der Waals surface area contributed by atoms with E-state index in [4.69, 9.17) is 4.52 Å². The van der Waals surface area contributed by atoms with Crippen molar-refractivity contribution in [3.8, 4) is 5.82 Å². The normalized spacial score (nSPS) is 19.4. The lowest BCUT2D eigenvalue weighted by Gasteiger charge is -2.20. The molecule has 0 aliphatic carbocycles. The van der Waals surface area contributed by atoms with Crippen LogP contribution in [-0.4, -0.2) is 32.9 Å². The van der Waals surface area contributed by atoms with Crippen LogP contribution in [-0.2, 0) is 10.3 Å². The molecule has 1 N–H and O–H groups in total. The number of hydrogen-bond donors (Lipinski definition) is 1. The van der Waals surface area contributed by atoms with Crippen molar-refractivity contribution in [2.45, 2.75) is 33.2 Å². The van der Waals surface area contributed by atoms with Crippen LogP contribution < -0.4 is 5.32 Å². The van der Waals surface area contributed by atoms with Gasteiger partial charge in [0.2, 0.25) is 0 Å². The van der Waals surface area contributed by atoms with Gasteiger partial charge < -0.3 is 9.84 Å². The predicted molar refractivity (Wildman–Crippen MR) is 107 cm³/mol. The van der Waals surface area contributed by atoms with E-state index >= 15 is 0 Å². The van der Waals surface area contributed by atoms with E-state index in [1.807, 2.05) is 55.7 Å². The first-order valence-electron chi connectivity index (χ1n) is 9.20. The maximum absolute atomic E-state index is 12.9. The third-order valence-electron chi connectivity index (χ3n) is 5.15. The van der Waals surface area contributed by atoms with Crippen LogP contribution >= 0.6 is 0 Å². The molecule has 0 unspecified atom stereocenters. The highest BCUT2D eigenvalue weighted by Crippen LogP contribution is 2.29. The number of nitrogens with zero attached hydrogens (tertiary/aromatic N) is 4. The lowest BCUT2D eigenvalue weighted by atomic mass is 9.92. The van der Waals surface area contributed by atoms with Crippen LogP contribution in [0.4, 0.5) is 4.79 Å². The molecular formula is C21H21N5O3. The van der Waals surface area contributed by atoms with E-state index in [1.165, 1.54) is 6.21 Å². The number of urea groups is 1. The van der Waals surface area contributed by atoms with Gasteiger partial charge in [-0.25, -0.2) is 4.79 Å². The molecule has 1 atom stereocenters. The average molecular weight is 391 g/mol. The zero-order valence-corrected chi connectivity index (χ0v) is 16.6. The number of hydrazone groups is 1. The molecule has 3 heterocycles. The van der Waals surface area contributed by atoms with Crippen LogP contribution in [0, 0.1) is 20.8 Å². The molecule has 8 nitrogen and oxygen atoms in total. The highest BCUT2D eigenvalue weighted by Gasteiger charge is 2.49. The summed E-state index contributed by atoms with van der Waals surface area (Å²) in [6.07, 6.45) is 1.51. The average Bonchev–Trinajstić information content (AvgIpc) is 3.30. The van der Waals surface area contributed by atoms with Crippen molar-refractivity contribution < 1.29 is 14.1 Å². The van der Waals surface area contributed by atoms with Gasteiger partial charge in [0, 0.05) is 23.0 Å². The summed E-state index contributed by atoms with van der Waals surface area (Å²) in [5, 5.41) is 11.8. The van der Waals surface area contributed by atoms with Crippen LogP contribution in [0.5, 0.6) is 0 Å². The molecule has 1 fully saturated rings. The van der Waals surface area contributed by atoms with Crippen molar-refractivity contribution in [1.82, 2.24) is 20.0 Å². The minimum absolute atomic E-state index is 0.425. The Labute approximate surface area is 167 Å². The van der Waals surface area contributed by atoms with E-state index < -0.39 is 17.5 Å². The van der Waals surface area contributed by atoms with Crippen LogP contribution in [0.1, 0.15) is 35.2 Å². The van der Waals surface area contributed by atoms with E-state index in [0.717, 1.165) is 22.0 Å². The van der Waals surface area contributed by atoms with Crippen molar-refractivity contribution in [2.24, 2.45) is 5.10 Å². The first-order valence-corrected chi connectivity index (χ1v) is 9.20. The van der Waals surface area contributed by atoms with E-state index in [1.54, 1.807) is 19.1 Å². The Morgan fingerprint density at radius 3 is 2.52 bits per heavy atom. The largest absolute Gasteiger partial charge is 0.360 e. The van der Waals surface area contributed by atoms with E-state index in [-0.39, 0.29) is 0 Å². The zero-order valence-electron chi connectivity index (χ0n) is 16.6. The SMILES string of the molecule is Cc1cc(-n2c(C)cc(/C=N\N3C(=O)N[C@](C)(c4ccccc4)C3=O)c2C)no1. The second kappa shape index (κ2) is 6.73. The number of carbonyl (C=O) groups is 2. The number of rotatable bonds is 4. The lowest BCUT2D eigenvalue weighted by Crippen LogP contribution is -2.40. The third-order valence-corrected chi connectivity index (χ3v) is 5.15. The van der Waals surface area contributed by atoms with Gasteiger partial charge in [-0.05, 0) is 39.3 Å². The minimum atomic E-state index is -1.15. The molecular weight excluding hydrogens is 370 g/mol. The standard InChI is InChI=1S/C21H21N5O3/c1-13-10-16(15(3)25(13)18-11-14(2)29-24-18)12-22-26-19(27)21(4,23-20(26)28)17-8-6-5-7-9-17/h5-12H,1-4H3,(H,23,28)/b22-12-/t21-/m1/s1. The number of imide groups is 1. The van der Waals surface area contributed by atoms with Gasteiger partial charge in [0.25, 0.3) is 5.91 Å². The molecule has 0 saturated carbocycles. The maximum atomic E-state index is 12.9. The lowest BCUT2D eigenvalue weighted by molar-refractivity contribution is -0.131. The summed E-state index contributed by atoms with van der Waals surface area (Å²) in [6.45, 7) is 7.36. The Balaban J connectivity index is 1.63.